The Balaban J connectivity index is 2.33. The number of pyridine rings is 1. The number of nitrogens with two attached hydrogens (primary N) is 1. The second-order valence-electron chi connectivity index (χ2n) is 4.08. The zero-order valence-corrected chi connectivity index (χ0v) is 9.94. The summed E-state index contributed by atoms with van der Waals surface area (Å²) in [5, 5.41) is -0.0295. The number of rotatable bonds is 1. The fourth-order valence-electron chi connectivity index (χ4n) is 2.02. The van der Waals surface area contributed by atoms with Crippen LogP contribution in [0.3, 0.4) is 0 Å². The van der Waals surface area contributed by atoms with Crippen LogP contribution in [0.15, 0.2) is 30.7 Å². The molecule has 0 aliphatic rings. The molecule has 3 rings (SSSR count). The van der Waals surface area contributed by atoms with Crippen molar-refractivity contribution < 1.29 is 13.2 Å². The quantitative estimate of drug-likeness (QED) is 0.717. The Morgan fingerprint density at radius 1 is 1.10 bits per heavy atom. The van der Waals surface area contributed by atoms with E-state index in [1.807, 2.05) is 0 Å². The highest BCUT2D eigenvalue weighted by atomic mass is 19.4. The van der Waals surface area contributed by atoms with Crippen molar-refractivity contribution in [1.29, 1.82) is 0 Å². The van der Waals surface area contributed by atoms with Gasteiger partial charge in [0.1, 0.15) is 5.65 Å². The summed E-state index contributed by atoms with van der Waals surface area (Å²) in [5.74, 6) is -0.00528. The molecule has 0 atom stereocenters. The van der Waals surface area contributed by atoms with Crippen molar-refractivity contribution in [1.82, 2.24) is 19.9 Å². The number of anilines is 1. The number of alkyl halides is 3. The Hall–Kier alpha value is -2.64. The minimum Gasteiger partial charge on any atom is -0.368 e. The molecule has 20 heavy (non-hydrogen) atoms. The first kappa shape index (κ1) is 12.4. The maximum Gasteiger partial charge on any atom is 0.417 e. The van der Waals surface area contributed by atoms with Gasteiger partial charge in [-0.25, -0.2) is 15.0 Å². The summed E-state index contributed by atoms with van der Waals surface area (Å²) in [6.45, 7) is 0. The van der Waals surface area contributed by atoms with Gasteiger partial charge in [0.2, 0.25) is 5.95 Å². The highest BCUT2D eigenvalue weighted by Gasteiger charge is 2.34. The molecule has 0 fully saturated rings. The van der Waals surface area contributed by atoms with E-state index >= 15 is 0 Å². The lowest BCUT2D eigenvalue weighted by molar-refractivity contribution is -0.136. The Labute approximate surface area is 110 Å². The van der Waals surface area contributed by atoms with Crippen molar-refractivity contribution in [2.24, 2.45) is 0 Å². The van der Waals surface area contributed by atoms with Gasteiger partial charge >= 0.3 is 6.18 Å². The zero-order chi connectivity index (χ0) is 14.3. The average molecular weight is 279 g/mol. The third kappa shape index (κ3) is 1.94. The van der Waals surface area contributed by atoms with Crippen LogP contribution in [-0.4, -0.2) is 19.9 Å². The summed E-state index contributed by atoms with van der Waals surface area (Å²) in [7, 11) is 0. The first-order valence-corrected chi connectivity index (χ1v) is 5.59. The number of halogens is 3. The van der Waals surface area contributed by atoms with E-state index in [1.165, 1.54) is 18.5 Å². The molecular weight excluding hydrogens is 271 g/mol. The van der Waals surface area contributed by atoms with Crippen molar-refractivity contribution in [2.75, 3.05) is 5.73 Å². The van der Waals surface area contributed by atoms with Crippen LogP contribution in [0, 0.1) is 0 Å². The van der Waals surface area contributed by atoms with Gasteiger partial charge < -0.3 is 10.7 Å². The van der Waals surface area contributed by atoms with Crippen molar-refractivity contribution in [3.8, 4) is 11.3 Å². The Morgan fingerprint density at radius 2 is 1.85 bits per heavy atom. The largest absolute Gasteiger partial charge is 0.417 e. The van der Waals surface area contributed by atoms with Crippen molar-refractivity contribution >= 4 is 17.0 Å². The van der Waals surface area contributed by atoms with Crippen LogP contribution in [-0.2, 0) is 6.18 Å². The summed E-state index contributed by atoms with van der Waals surface area (Å²) in [6, 6.07) is 2.43. The Morgan fingerprint density at radius 3 is 2.55 bits per heavy atom. The highest BCUT2D eigenvalue weighted by molar-refractivity contribution is 5.95. The molecule has 0 saturated carbocycles. The van der Waals surface area contributed by atoms with Gasteiger partial charge in [-0.15, -0.1) is 0 Å². The molecule has 0 amide bonds. The van der Waals surface area contributed by atoms with Crippen LogP contribution in [0.4, 0.5) is 19.1 Å². The van der Waals surface area contributed by atoms with E-state index in [-0.39, 0.29) is 22.5 Å². The van der Waals surface area contributed by atoms with E-state index in [0.29, 0.717) is 5.69 Å². The van der Waals surface area contributed by atoms with Gasteiger partial charge in [0.25, 0.3) is 0 Å². The van der Waals surface area contributed by atoms with Crippen LogP contribution in [0.1, 0.15) is 5.56 Å². The molecule has 0 radical (unpaired) electrons. The molecule has 0 unspecified atom stereocenters. The van der Waals surface area contributed by atoms with Crippen LogP contribution < -0.4 is 5.73 Å². The molecule has 0 aliphatic carbocycles. The van der Waals surface area contributed by atoms with Crippen molar-refractivity contribution in [3.63, 3.8) is 0 Å². The van der Waals surface area contributed by atoms with Gasteiger partial charge in [-0.05, 0) is 12.1 Å². The molecule has 0 aliphatic heterocycles. The van der Waals surface area contributed by atoms with E-state index in [2.05, 4.69) is 19.9 Å². The Kier molecular flexibility index (Phi) is 2.60. The van der Waals surface area contributed by atoms with E-state index in [4.69, 9.17) is 5.73 Å². The zero-order valence-electron chi connectivity index (χ0n) is 9.94. The maximum absolute atomic E-state index is 13.1. The third-order valence-corrected chi connectivity index (χ3v) is 2.83. The lowest BCUT2D eigenvalue weighted by Crippen LogP contribution is -2.06. The van der Waals surface area contributed by atoms with Crippen LogP contribution in [0.25, 0.3) is 22.3 Å². The summed E-state index contributed by atoms with van der Waals surface area (Å²) >= 11 is 0. The fraction of sp³-hybridized carbons (Fsp3) is 0.0833. The molecule has 0 aromatic carbocycles. The average Bonchev–Trinajstić information content (AvgIpc) is 2.81. The van der Waals surface area contributed by atoms with Crippen LogP contribution in [0.5, 0.6) is 0 Å². The van der Waals surface area contributed by atoms with Gasteiger partial charge in [0, 0.05) is 29.5 Å². The SMILES string of the molecule is Nc1nccc(-c2c[nH]c3nccc(C(F)(F)F)c23)n1. The van der Waals surface area contributed by atoms with Crippen LogP contribution in [0.2, 0.25) is 0 Å². The van der Waals surface area contributed by atoms with Gasteiger partial charge in [-0.1, -0.05) is 0 Å². The van der Waals surface area contributed by atoms with Gasteiger partial charge in [0.15, 0.2) is 0 Å². The van der Waals surface area contributed by atoms with E-state index in [9.17, 15) is 13.2 Å². The predicted molar refractivity (Wildman–Crippen MR) is 66.5 cm³/mol. The second kappa shape index (κ2) is 4.19. The summed E-state index contributed by atoms with van der Waals surface area (Å²) in [4.78, 5) is 14.3. The number of aromatic nitrogens is 4. The van der Waals surface area contributed by atoms with E-state index < -0.39 is 11.7 Å². The lowest BCUT2D eigenvalue weighted by Gasteiger charge is -2.09. The number of aromatic amines is 1. The first-order chi connectivity index (χ1) is 9.47. The van der Waals surface area contributed by atoms with Crippen LogP contribution >= 0.6 is 0 Å². The monoisotopic (exact) mass is 279 g/mol. The van der Waals surface area contributed by atoms with Gasteiger partial charge in [-0.2, -0.15) is 13.2 Å². The van der Waals surface area contributed by atoms with E-state index in [1.54, 1.807) is 0 Å². The number of fused-ring (bicyclic) bond motifs is 1. The topological polar surface area (TPSA) is 80.5 Å². The van der Waals surface area contributed by atoms with Gasteiger partial charge in [-0.3, -0.25) is 0 Å². The molecule has 0 saturated heterocycles. The molecule has 5 nitrogen and oxygen atoms in total. The molecular formula is C12H8F3N5. The fourth-order valence-corrected chi connectivity index (χ4v) is 2.02. The molecule has 3 aromatic rings. The number of nitrogens with zero attached hydrogens (tertiary/aromatic N) is 3. The Bertz CT molecular complexity index is 778. The highest BCUT2D eigenvalue weighted by Crippen LogP contribution is 2.38. The smallest absolute Gasteiger partial charge is 0.368 e. The molecule has 0 bridgehead atoms. The molecule has 3 aromatic heterocycles. The summed E-state index contributed by atoms with van der Waals surface area (Å²) in [5.41, 5.74) is 5.43. The predicted octanol–water partition coefficient (Wildman–Crippen LogP) is 2.62. The molecule has 3 heterocycles. The second-order valence-corrected chi connectivity index (χ2v) is 4.08. The standard InChI is InChI=1S/C12H8F3N5/c13-12(14,15)7-1-3-17-10-9(7)6(5-19-10)8-2-4-18-11(16)20-8/h1-5H,(H,17,19)(H2,16,18,20). The number of nitrogen functional groups attached to an aromatic ring is 1. The minimum atomic E-state index is -4.48. The first-order valence-electron chi connectivity index (χ1n) is 5.59. The summed E-state index contributed by atoms with van der Waals surface area (Å²) < 4.78 is 39.2. The number of H-pyrrole nitrogens is 1. The number of hydrogen-bond donors (Lipinski definition) is 2. The molecule has 3 N–H and O–H groups in total. The normalized spacial score (nSPS) is 11.9. The molecule has 8 heteroatoms. The lowest BCUT2D eigenvalue weighted by atomic mass is 10.1. The molecule has 0 spiro atoms. The van der Waals surface area contributed by atoms with Crippen molar-refractivity contribution in [2.45, 2.75) is 6.18 Å². The minimum absolute atomic E-state index is 0.00528. The number of nitrogens with one attached hydrogen (secondary N) is 1. The number of hydrogen-bond acceptors (Lipinski definition) is 4. The molecule has 102 valence electrons. The van der Waals surface area contributed by atoms with Crippen molar-refractivity contribution in [3.05, 3.63) is 36.3 Å². The van der Waals surface area contributed by atoms with E-state index in [0.717, 1.165) is 12.3 Å². The maximum atomic E-state index is 13.1. The summed E-state index contributed by atoms with van der Waals surface area (Å²) in [6.07, 6.45) is -0.550. The van der Waals surface area contributed by atoms with Gasteiger partial charge in [0.05, 0.1) is 11.3 Å². The third-order valence-electron chi connectivity index (χ3n) is 2.83.